The summed E-state index contributed by atoms with van der Waals surface area (Å²) in [7, 11) is 0. The van der Waals surface area contributed by atoms with Gasteiger partial charge in [-0.1, -0.05) is 0 Å². The predicted octanol–water partition coefficient (Wildman–Crippen LogP) is 1.82. The van der Waals surface area contributed by atoms with Gasteiger partial charge in [0.25, 0.3) is 0 Å². The maximum absolute atomic E-state index is 8.87. The monoisotopic (exact) mass is 147 g/mol. The topological polar surface area (TPSA) is 25.2 Å². The van der Waals surface area contributed by atoms with Crippen LogP contribution in [-0.2, 0) is 0 Å². The van der Waals surface area contributed by atoms with Crippen molar-refractivity contribution in [1.82, 2.24) is 4.73 Å². The molecule has 0 aromatic carbocycles. The molecule has 1 N–H and O–H groups in total. The zero-order chi connectivity index (χ0) is 6.15. The second-order valence-electron chi connectivity index (χ2n) is 1.45. The molecule has 0 saturated carbocycles. The van der Waals surface area contributed by atoms with Crippen molar-refractivity contribution in [3.63, 3.8) is 0 Å². The number of thiazole rings is 1. The molecule has 0 unspecified atom stereocenters. The van der Waals surface area contributed by atoms with Crippen LogP contribution in [0.1, 0.15) is 5.69 Å². The van der Waals surface area contributed by atoms with E-state index < -0.39 is 0 Å². The van der Waals surface area contributed by atoms with E-state index in [2.05, 4.69) is 0 Å². The Bertz CT molecular complexity index is 236. The van der Waals surface area contributed by atoms with E-state index in [0.29, 0.717) is 3.95 Å². The van der Waals surface area contributed by atoms with E-state index in [-0.39, 0.29) is 0 Å². The van der Waals surface area contributed by atoms with Crippen molar-refractivity contribution in [2.45, 2.75) is 6.92 Å². The fourth-order valence-corrected chi connectivity index (χ4v) is 1.28. The molecule has 2 nitrogen and oxygen atoms in total. The highest BCUT2D eigenvalue weighted by molar-refractivity contribution is 7.73. The summed E-state index contributed by atoms with van der Waals surface area (Å²) in [5.74, 6) is 0. The average molecular weight is 147 g/mol. The molecule has 0 aliphatic heterocycles. The molecule has 1 rings (SSSR count). The van der Waals surface area contributed by atoms with Crippen LogP contribution in [0.2, 0.25) is 0 Å². The van der Waals surface area contributed by atoms with Gasteiger partial charge in [0.15, 0.2) is 3.95 Å². The lowest BCUT2D eigenvalue weighted by atomic mass is 10.6. The van der Waals surface area contributed by atoms with Crippen LogP contribution in [0.25, 0.3) is 0 Å². The van der Waals surface area contributed by atoms with Crippen molar-refractivity contribution in [2.75, 3.05) is 0 Å². The number of hydrogen-bond acceptors (Lipinski definition) is 3. The Labute approximate surface area is 56.0 Å². The fraction of sp³-hybridized carbons (Fsp3) is 0.250. The third kappa shape index (κ3) is 0.763. The maximum atomic E-state index is 8.87. The van der Waals surface area contributed by atoms with Crippen LogP contribution in [-0.4, -0.2) is 9.94 Å². The lowest BCUT2D eigenvalue weighted by molar-refractivity contribution is 0.179. The van der Waals surface area contributed by atoms with E-state index in [1.165, 1.54) is 11.3 Å². The molecule has 0 aliphatic rings. The highest BCUT2D eigenvalue weighted by atomic mass is 32.1. The van der Waals surface area contributed by atoms with Gasteiger partial charge >= 0.3 is 0 Å². The third-order valence-electron chi connectivity index (χ3n) is 0.837. The molecule has 44 valence electrons. The van der Waals surface area contributed by atoms with Gasteiger partial charge in [0.1, 0.15) is 0 Å². The summed E-state index contributed by atoms with van der Waals surface area (Å²) in [5.41, 5.74) is 0.792. The first-order valence-corrected chi connectivity index (χ1v) is 3.37. The van der Waals surface area contributed by atoms with Gasteiger partial charge in [0.2, 0.25) is 0 Å². The first-order valence-electron chi connectivity index (χ1n) is 2.08. The highest BCUT2D eigenvalue weighted by Crippen LogP contribution is 2.05. The number of nitrogens with zero attached hydrogens (tertiary/aromatic N) is 1. The van der Waals surface area contributed by atoms with Crippen LogP contribution >= 0.6 is 23.6 Å². The number of aryl methyl sites for hydroxylation is 1. The SMILES string of the molecule is Cc1csc(=S)n1O. The molecule has 0 saturated heterocycles. The van der Waals surface area contributed by atoms with E-state index in [9.17, 15) is 0 Å². The normalized spacial score (nSPS) is 9.62. The van der Waals surface area contributed by atoms with E-state index in [1.807, 2.05) is 5.38 Å². The Hall–Kier alpha value is -0.350. The first kappa shape index (κ1) is 5.78. The summed E-state index contributed by atoms with van der Waals surface area (Å²) < 4.78 is 1.50. The second kappa shape index (κ2) is 1.87. The number of hydrogen-bond donors (Lipinski definition) is 1. The second-order valence-corrected chi connectivity index (χ2v) is 2.96. The Morgan fingerprint density at radius 1 is 1.88 bits per heavy atom. The molecule has 8 heavy (non-hydrogen) atoms. The van der Waals surface area contributed by atoms with Gasteiger partial charge in [0.05, 0.1) is 5.69 Å². The van der Waals surface area contributed by atoms with Crippen molar-refractivity contribution >= 4 is 23.6 Å². The van der Waals surface area contributed by atoms with Crippen molar-refractivity contribution in [3.8, 4) is 0 Å². The molecule has 0 fully saturated rings. The van der Waals surface area contributed by atoms with E-state index in [1.54, 1.807) is 6.92 Å². The lowest BCUT2D eigenvalue weighted by Gasteiger charge is -1.87. The van der Waals surface area contributed by atoms with Crippen molar-refractivity contribution < 1.29 is 5.21 Å². The molecule has 0 spiro atoms. The fourth-order valence-electron chi connectivity index (χ4n) is 0.380. The minimum Gasteiger partial charge on any atom is -0.427 e. The quantitative estimate of drug-likeness (QED) is 0.447. The van der Waals surface area contributed by atoms with Crippen LogP contribution in [0.4, 0.5) is 0 Å². The van der Waals surface area contributed by atoms with Crippen molar-refractivity contribution in [3.05, 3.63) is 15.0 Å². The Morgan fingerprint density at radius 3 is 2.62 bits per heavy atom. The molecule has 0 bridgehead atoms. The molecule has 0 aliphatic carbocycles. The van der Waals surface area contributed by atoms with Gasteiger partial charge in [-0.25, -0.2) is 0 Å². The van der Waals surface area contributed by atoms with Crippen LogP contribution in [0.5, 0.6) is 0 Å². The van der Waals surface area contributed by atoms with Gasteiger partial charge in [-0.3, -0.25) is 0 Å². The average Bonchev–Trinajstić information content (AvgIpc) is 1.98. The summed E-state index contributed by atoms with van der Waals surface area (Å²) >= 11 is 6.06. The summed E-state index contributed by atoms with van der Waals surface area (Å²) in [6.07, 6.45) is 0. The van der Waals surface area contributed by atoms with Crippen molar-refractivity contribution in [2.24, 2.45) is 0 Å². The van der Waals surface area contributed by atoms with Gasteiger partial charge in [-0.15, -0.1) is 11.3 Å². The molecular formula is C4H5NOS2. The van der Waals surface area contributed by atoms with Gasteiger partial charge in [-0.2, -0.15) is 4.73 Å². The van der Waals surface area contributed by atoms with Gasteiger partial charge in [-0.05, 0) is 19.1 Å². The predicted molar refractivity (Wildman–Crippen MR) is 35.1 cm³/mol. The van der Waals surface area contributed by atoms with Crippen LogP contribution in [0, 0.1) is 10.9 Å². The minimum absolute atomic E-state index is 0.502. The summed E-state index contributed by atoms with van der Waals surface area (Å²) in [5, 5.41) is 10.7. The molecule has 0 atom stereocenters. The Kier molecular flexibility index (Phi) is 1.35. The van der Waals surface area contributed by atoms with E-state index in [0.717, 1.165) is 10.4 Å². The molecule has 1 aromatic heterocycles. The molecule has 4 heteroatoms. The largest absolute Gasteiger partial charge is 0.427 e. The van der Waals surface area contributed by atoms with E-state index in [4.69, 9.17) is 17.4 Å². The summed E-state index contributed by atoms with van der Waals surface area (Å²) in [6, 6.07) is 0. The lowest BCUT2D eigenvalue weighted by Crippen LogP contribution is -1.89. The molecule has 1 aromatic rings. The zero-order valence-electron chi connectivity index (χ0n) is 4.29. The van der Waals surface area contributed by atoms with Crippen molar-refractivity contribution in [1.29, 1.82) is 0 Å². The zero-order valence-corrected chi connectivity index (χ0v) is 5.92. The molecule has 0 radical (unpaired) electrons. The summed E-state index contributed by atoms with van der Waals surface area (Å²) in [4.78, 5) is 0. The number of rotatable bonds is 0. The minimum atomic E-state index is 0.502. The third-order valence-corrected chi connectivity index (χ3v) is 2.13. The molecule has 1 heterocycles. The summed E-state index contributed by atoms with van der Waals surface area (Å²) in [6.45, 7) is 1.80. The van der Waals surface area contributed by atoms with Crippen LogP contribution < -0.4 is 0 Å². The van der Waals surface area contributed by atoms with E-state index >= 15 is 0 Å². The highest BCUT2D eigenvalue weighted by Gasteiger charge is 1.92. The molecular weight excluding hydrogens is 142 g/mol. The smallest absolute Gasteiger partial charge is 0.196 e. The first-order chi connectivity index (χ1) is 3.72. The van der Waals surface area contributed by atoms with Crippen LogP contribution in [0.15, 0.2) is 5.38 Å². The number of aromatic nitrogens is 1. The standard InChI is InChI=1S/C4H5NOS2/c1-3-2-8-4(7)5(3)6/h2,6H,1H3. The maximum Gasteiger partial charge on any atom is 0.196 e. The van der Waals surface area contributed by atoms with Gasteiger partial charge in [0, 0.05) is 5.38 Å². The van der Waals surface area contributed by atoms with Gasteiger partial charge < -0.3 is 5.21 Å². The Morgan fingerprint density at radius 2 is 2.50 bits per heavy atom. The molecule has 0 amide bonds. The van der Waals surface area contributed by atoms with Crippen LogP contribution in [0.3, 0.4) is 0 Å². The Balaban J connectivity index is 3.41.